The van der Waals surface area contributed by atoms with Crippen LogP contribution in [0.3, 0.4) is 0 Å². The van der Waals surface area contributed by atoms with Gasteiger partial charge in [-0.05, 0) is 13.0 Å². The summed E-state index contributed by atoms with van der Waals surface area (Å²) in [6.45, 7) is 5.54. The summed E-state index contributed by atoms with van der Waals surface area (Å²) in [7, 11) is 0. The predicted molar refractivity (Wildman–Crippen MR) is 72.8 cm³/mol. The van der Waals surface area contributed by atoms with E-state index >= 15 is 0 Å². The molecule has 2 aromatic rings. The van der Waals surface area contributed by atoms with Gasteiger partial charge in [0.05, 0.1) is 6.07 Å². The number of allylic oxidation sites excluding steroid dienone is 1. The van der Waals surface area contributed by atoms with E-state index in [-0.39, 0.29) is 0 Å². The fourth-order valence-electron chi connectivity index (χ4n) is 1.72. The standard InChI is InChI=1S/C14H11BrN2O/c1-9(8-16)7-12-10(2)18-17-14(12)11-5-3-4-6-13(11)15/h3-6H,1,7H2,2H3. The SMILES string of the molecule is C=C(C#N)Cc1c(-c2ccccc2Br)noc1C. The lowest BCUT2D eigenvalue weighted by atomic mass is 10.0. The number of nitrogens with zero attached hydrogens (tertiary/aromatic N) is 2. The monoisotopic (exact) mass is 302 g/mol. The van der Waals surface area contributed by atoms with E-state index in [9.17, 15) is 0 Å². The highest BCUT2D eigenvalue weighted by atomic mass is 79.9. The summed E-state index contributed by atoms with van der Waals surface area (Å²) in [5.74, 6) is 0.720. The summed E-state index contributed by atoms with van der Waals surface area (Å²) in [5, 5.41) is 12.9. The lowest BCUT2D eigenvalue weighted by Gasteiger charge is -2.03. The van der Waals surface area contributed by atoms with E-state index in [2.05, 4.69) is 27.7 Å². The Hall–Kier alpha value is -1.86. The van der Waals surface area contributed by atoms with Crippen molar-refractivity contribution in [2.75, 3.05) is 0 Å². The highest BCUT2D eigenvalue weighted by Crippen LogP contribution is 2.32. The Morgan fingerprint density at radius 1 is 1.50 bits per heavy atom. The van der Waals surface area contributed by atoms with Crippen LogP contribution in [0.4, 0.5) is 0 Å². The van der Waals surface area contributed by atoms with Gasteiger partial charge in [0.25, 0.3) is 0 Å². The highest BCUT2D eigenvalue weighted by Gasteiger charge is 2.17. The van der Waals surface area contributed by atoms with Gasteiger partial charge in [-0.3, -0.25) is 0 Å². The molecule has 0 unspecified atom stereocenters. The van der Waals surface area contributed by atoms with Gasteiger partial charge in [-0.1, -0.05) is 45.9 Å². The van der Waals surface area contributed by atoms with Gasteiger partial charge in [0, 0.05) is 27.6 Å². The number of hydrogen-bond acceptors (Lipinski definition) is 3. The molecule has 0 radical (unpaired) electrons. The number of rotatable bonds is 3. The normalized spacial score (nSPS) is 10.1. The Morgan fingerprint density at radius 2 is 2.22 bits per heavy atom. The van der Waals surface area contributed by atoms with Crippen molar-refractivity contribution in [3.05, 3.63) is 52.2 Å². The molecule has 18 heavy (non-hydrogen) atoms. The van der Waals surface area contributed by atoms with Crippen molar-refractivity contribution in [3.8, 4) is 17.3 Å². The van der Waals surface area contributed by atoms with Gasteiger partial charge in [-0.25, -0.2) is 0 Å². The molecular formula is C14H11BrN2O. The summed E-state index contributed by atoms with van der Waals surface area (Å²) in [4.78, 5) is 0. The van der Waals surface area contributed by atoms with E-state index in [0.717, 1.165) is 27.1 Å². The number of halogens is 1. The van der Waals surface area contributed by atoms with Crippen molar-refractivity contribution < 1.29 is 4.52 Å². The van der Waals surface area contributed by atoms with Gasteiger partial charge in [0.1, 0.15) is 11.5 Å². The lowest BCUT2D eigenvalue weighted by molar-refractivity contribution is 0.398. The second kappa shape index (κ2) is 5.19. The zero-order valence-corrected chi connectivity index (χ0v) is 11.5. The molecule has 0 saturated heterocycles. The molecule has 0 N–H and O–H groups in total. The quantitative estimate of drug-likeness (QED) is 0.804. The predicted octanol–water partition coefficient (Wildman–Crippen LogP) is 4.03. The van der Waals surface area contributed by atoms with Crippen molar-refractivity contribution in [2.24, 2.45) is 0 Å². The molecule has 0 spiro atoms. The molecule has 0 aliphatic carbocycles. The van der Waals surface area contributed by atoms with E-state index in [1.54, 1.807) is 0 Å². The van der Waals surface area contributed by atoms with Crippen molar-refractivity contribution in [3.63, 3.8) is 0 Å². The van der Waals surface area contributed by atoms with Crippen LogP contribution in [0, 0.1) is 18.3 Å². The Labute approximate surface area is 114 Å². The molecule has 0 aliphatic rings. The van der Waals surface area contributed by atoms with Crippen LogP contribution in [-0.2, 0) is 6.42 Å². The van der Waals surface area contributed by atoms with Crippen LogP contribution in [0.5, 0.6) is 0 Å². The molecule has 3 nitrogen and oxygen atoms in total. The maximum atomic E-state index is 8.83. The topological polar surface area (TPSA) is 49.8 Å². The van der Waals surface area contributed by atoms with Crippen LogP contribution >= 0.6 is 15.9 Å². The minimum atomic E-state index is 0.461. The molecular weight excluding hydrogens is 292 g/mol. The van der Waals surface area contributed by atoms with Crippen LogP contribution in [0.25, 0.3) is 11.3 Å². The number of hydrogen-bond donors (Lipinski definition) is 0. The van der Waals surface area contributed by atoms with Crippen molar-refractivity contribution in [1.82, 2.24) is 5.16 Å². The molecule has 0 saturated carbocycles. The maximum absolute atomic E-state index is 8.83. The summed E-state index contributed by atoms with van der Waals surface area (Å²) >= 11 is 3.49. The Kier molecular flexibility index (Phi) is 3.63. The first-order valence-corrected chi connectivity index (χ1v) is 6.20. The third-order valence-electron chi connectivity index (χ3n) is 2.66. The van der Waals surface area contributed by atoms with Gasteiger partial charge in [0.15, 0.2) is 0 Å². The summed E-state index contributed by atoms with van der Waals surface area (Å²) < 4.78 is 6.18. The Balaban J connectivity index is 2.50. The zero-order valence-electron chi connectivity index (χ0n) is 9.90. The van der Waals surface area contributed by atoms with Crippen molar-refractivity contribution in [2.45, 2.75) is 13.3 Å². The van der Waals surface area contributed by atoms with E-state index in [0.29, 0.717) is 12.0 Å². The average molecular weight is 303 g/mol. The highest BCUT2D eigenvalue weighted by molar-refractivity contribution is 9.10. The molecule has 0 amide bonds. The van der Waals surface area contributed by atoms with Gasteiger partial charge in [-0.2, -0.15) is 5.26 Å². The molecule has 1 heterocycles. The van der Waals surface area contributed by atoms with Crippen LogP contribution < -0.4 is 0 Å². The minimum Gasteiger partial charge on any atom is -0.361 e. The average Bonchev–Trinajstić information content (AvgIpc) is 2.72. The smallest absolute Gasteiger partial charge is 0.137 e. The van der Waals surface area contributed by atoms with Crippen LogP contribution in [0.1, 0.15) is 11.3 Å². The van der Waals surface area contributed by atoms with E-state index in [1.807, 2.05) is 37.3 Å². The van der Waals surface area contributed by atoms with Crippen molar-refractivity contribution >= 4 is 15.9 Å². The summed E-state index contributed by atoms with van der Waals surface area (Å²) in [6, 6.07) is 9.83. The summed E-state index contributed by atoms with van der Waals surface area (Å²) in [5.41, 5.74) is 3.12. The van der Waals surface area contributed by atoms with Crippen LogP contribution in [0.15, 0.2) is 45.4 Å². The van der Waals surface area contributed by atoms with Gasteiger partial charge >= 0.3 is 0 Å². The fraction of sp³-hybridized carbons (Fsp3) is 0.143. The van der Waals surface area contributed by atoms with Crippen molar-refractivity contribution in [1.29, 1.82) is 5.26 Å². The lowest BCUT2D eigenvalue weighted by Crippen LogP contribution is -1.92. The first kappa shape index (κ1) is 12.6. The molecule has 0 aliphatic heterocycles. The number of aromatic nitrogens is 1. The van der Waals surface area contributed by atoms with E-state index < -0.39 is 0 Å². The van der Waals surface area contributed by atoms with Gasteiger partial charge in [0.2, 0.25) is 0 Å². The minimum absolute atomic E-state index is 0.461. The molecule has 90 valence electrons. The maximum Gasteiger partial charge on any atom is 0.137 e. The molecule has 0 atom stereocenters. The molecule has 4 heteroatoms. The number of aryl methyl sites for hydroxylation is 1. The van der Waals surface area contributed by atoms with Crippen LogP contribution in [0.2, 0.25) is 0 Å². The first-order chi connectivity index (χ1) is 8.63. The third kappa shape index (κ3) is 2.36. The second-order valence-electron chi connectivity index (χ2n) is 3.94. The zero-order chi connectivity index (χ0) is 13.1. The first-order valence-electron chi connectivity index (χ1n) is 5.41. The molecule has 1 aromatic heterocycles. The van der Waals surface area contributed by atoms with Gasteiger partial charge < -0.3 is 4.52 Å². The van der Waals surface area contributed by atoms with Gasteiger partial charge in [-0.15, -0.1) is 0 Å². The second-order valence-corrected chi connectivity index (χ2v) is 4.79. The number of benzene rings is 1. The summed E-state index contributed by atoms with van der Waals surface area (Å²) in [6.07, 6.45) is 0.461. The molecule has 2 rings (SSSR count). The molecule has 0 bridgehead atoms. The molecule has 1 aromatic carbocycles. The largest absolute Gasteiger partial charge is 0.361 e. The third-order valence-corrected chi connectivity index (χ3v) is 3.35. The number of nitriles is 1. The molecule has 0 fully saturated rings. The van der Waals surface area contributed by atoms with E-state index in [1.165, 1.54) is 0 Å². The fourth-order valence-corrected chi connectivity index (χ4v) is 2.19. The van der Waals surface area contributed by atoms with E-state index in [4.69, 9.17) is 9.78 Å². The van der Waals surface area contributed by atoms with Crippen LogP contribution in [-0.4, -0.2) is 5.16 Å². The Morgan fingerprint density at radius 3 is 2.89 bits per heavy atom. The Bertz CT molecular complexity index is 637.